The Morgan fingerprint density at radius 1 is 0.889 bits per heavy atom. The maximum atomic E-state index is 12.3. The minimum absolute atomic E-state index is 0.0529. The summed E-state index contributed by atoms with van der Waals surface area (Å²) in [7, 11) is 0. The van der Waals surface area contributed by atoms with Gasteiger partial charge in [0.25, 0.3) is 0 Å². The summed E-state index contributed by atoms with van der Waals surface area (Å²) < 4.78 is 9.93. The number of esters is 1. The van der Waals surface area contributed by atoms with E-state index >= 15 is 0 Å². The molecular formula is C20H18O7. The summed E-state index contributed by atoms with van der Waals surface area (Å²) in [4.78, 5) is 32.1. The molecule has 2 aromatic rings. The molecule has 0 aromatic heterocycles. The van der Waals surface area contributed by atoms with Crippen LogP contribution >= 0.6 is 0 Å². The second-order valence-electron chi connectivity index (χ2n) is 4.97. The van der Waals surface area contributed by atoms with Crippen LogP contribution in [0.15, 0.2) is 79.8 Å². The first-order chi connectivity index (χ1) is 13.2. The Bertz CT molecular complexity index is 767. The normalized spacial score (nSPS) is 10.4. The van der Waals surface area contributed by atoms with Gasteiger partial charge in [0, 0.05) is 17.2 Å². The molecule has 0 heterocycles. The van der Waals surface area contributed by atoms with E-state index < -0.39 is 5.97 Å². The Hall–Kier alpha value is -3.42. The highest BCUT2D eigenvalue weighted by molar-refractivity contribution is 6.08. The third-order valence-corrected chi connectivity index (χ3v) is 3.14. The lowest BCUT2D eigenvalue weighted by Gasteiger charge is -2.07. The van der Waals surface area contributed by atoms with Crippen molar-refractivity contribution in [1.29, 1.82) is 0 Å². The average molecular weight is 370 g/mol. The van der Waals surface area contributed by atoms with Crippen LogP contribution in [0.25, 0.3) is 0 Å². The van der Waals surface area contributed by atoms with Gasteiger partial charge in [-0.15, -0.1) is 0 Å². The molecule has 0 saturated heterocycles. The van der Waals surface area contributed by atoms with Crippen LogP contribution in [0, 0.1) is 0 Å². The van der Waals surface area contributed by atoms with Crippen molar-refractivity contribution in [3.63, 3.8) is 0 Å². The second kappa shape index (κ2) is 11.2. The van der Waals surface area contributed by atoms with Gasteiger partial charge in [0.2, 0.25) is 0 Å². The van der Waals surface area contributed by atoms with Crippen LogP contribution in [0.5, 0.6) is 5.75 Å². The summed E-state index contributed by atoms with van der Waals surface area (Å²) >= 11 is 0. The van der Waals surface area contributed by atoms with Crippen molar-refractivity contribution in [2.45, 2.75) is 0 Å². The molecular weight excluding hydrogens is 352 g/mol. The van der Waals surface area contributed by atoms with Gasteiger partial charge in [0.05, 0.1) is 0 Å². The van der Waals surface area contributed by atoms with E-state index in [1.807, 2.05) is 18.2 Å². The van der Waals surface area contributed by atoms with E-state index in [9.17, 15) is 9.59 Å². The number of rotatable bonds is 11. The molecule has 0 fully saturated rings. The first-order valence-electron chi connectivity index (χ1n) is 7.96. The van der Waals surface area contributed by atoms with Crippen LogP contribution < -0.4 is 4.74 Å². The zero-order chi connectivity index (χ0) is 19.3. The van der Waals surface area contributed by atoms with E-state index in [1.54, 1.807) is 36.4 Å². The monoisotopic (exact) mass is 370 g/mol. The molecule has 0 atom stereocenters. The van der Waals surface area contributed by atoms with Crippen molar-refractivity contribution in [3.8, 4) is 5.75 Å². The Labute approximate surface area is 156 Å². The summed E-state index contributed by atoms with van der Waals surface area (Å²) in [5.41, 5.74) is 1.20. The lowest BCUT2D eigenvalue weighted by Crippen LogP contribution is -2.07. The van der Waals surface area contributed by atoms with Crippen LogP contribution in [0.1, 0.15) is 15.9 Å². The first-order valence-corrected chi connectivity index (χ1v) is 7.96. The molecule has 7 heteroatoms. The highest BCUT2D eigenvalue weighted by atomic mass is 17.5. The number of ketones is 1. The summed E-state index contributed by atoms with van der Waals surface area (Å²) in [6.07, 6.45) is 2.95. The molecule has 27 heavy (non-hydrogen) atoms. The lowest BCUT2D eigenvalue weighted by atomic mass is 10.0. The number of carbonyl (C=O) groups is 2. The van der Waals surface area contributed by atoms with Crippen molar-refractivity contribution in [2.24, 2.45) is 0 Å². The fourth-order valence-corrected chi connectivity index (χ4v) is 1.90. The zero-order valence-corrected chi connectivity index (χ0v) is 14.4. The topological polar surface area (TPSA) is 80.3 Å². The van der Waals surface area contributed by atoms with E-state index in [0.29, 0.717) is 16.9 Å². The number of carbonyl (C=O) groups excluding carboxylic acids is 2. The highest BCUT2D eigenvalue weighted by Crippen LogP contribution is 2.15. The van der Waals surface area contributed by atoms with E-state index in [-0.39, 0.29) is 19.0 Å². The van der Waals surface area contributed by atoms with E-state index in [4.69, 9.17) is 9.62 Å². The van der Waals surface area contributed by atoms with Gasteiger partial charge in [0.15, 0.2) is 12.0 Å². The van der Waals surface area contributed by atoms with Crippen LogP contribution in [0.4, 0.5) is 0 Å². The quantitative estimate of drug-likeness (QED) is 0.114. The summed E-state index contributed by atoms with van der Waals surface area (Å²) in [5, 5.41) is 4.36. The smallest absolute Gasteiger partial charge is 0.335 e. The maximum Gasteiger partial charge on any atom is 0.335 e. The molecule has 0 saturated carbocycles. The fraction of sp³-hybridized carbons (Fsp3) is 0.100. The van der Waals surface area contributed by atoms with E-state index in [0.717, 1.165) is 18.6 Å². The summed E-state index contributed by atoms with van der Waals surface area (Å²) in [6, 6.07) is 15.8. The largest absolute Gasteiger partial charge is 0.491 e. The van der Waals surface area contributed by atoms with E-state index in [2.05, 4.69) is 21.2 Å². The number of ether oxygens (including phenoxy) is 2. The fourth-order valence-electron chi connectivity index (χ4n) is 1.90. The molecule has 0 N–H and O–H groups in total. The predicted molar refractivity (Wildman–Crippen MR) is 95.4 cm³/mol. The molecule has 2 rings (SSSR count). The second-order valence-corrected chi connectivity index (χ2v) is 4.97. The predicted octanol–water partition coefficient (Wildman–Crippen LogP) is 3.38. The molecule has 0 radical (unpaired) electrons. The maximum absolute atomic E-state index is 12.3. The molecule has 0 amide bonds. The molecule has 7 nitrogen and oxygen atoms in total. The standard InChI is InChI=1S/C20H18O7/c1-2-19(21)24-13-15-26-27-25-14-12-23-18-10-8-17(9-11-18)20(22)16-6-4-3-5-7-16/h2-11,13,15H,1,12,14H2. The van der Waals surface area contributed by atoms with Crippen molar-refractivity contribution in [3.05, 3.63) is 90.9 Å². The van der Waals surface area contributed by atoms with Gasteiger partial charge in [-0.25, -0.2) is 4.79 Å². The van der Waals surface area contributed by atoms with Gasteiger partial charge in [-0.05, 0) is 29.3 Å². The van der Waals surface area contributed by atoms with Crippen LogP contribution in [0.3, 0.4) is 0 Å². The van der Waals surface area contributed by atoms with Crippen molar-refractivity contribution in [1.82, 2.24) is 0 Å². The molecule has 0 spiro atoms. The van der Waals surface area contributed by atoms with Crippen LogP contribution in [0.2, 0.25) is 0 Å². The Morgan fingerprint density at radius 3 is 2.30 bits per heavy atom. The average Bonchev–Trinajstić information content (AvgIpc) is 2.73. The molecule has 0 bridgehead atoms. The van der Waals surface area contributed by atoms with Crippen LogP contribution in [-0.4, -0.2) is 25.0 Å². The number of benzene rings is 2. The molecule has 0 aliphatic rings. The molecule has 0 aliphatic heterocycles. The van der Waals surface area contributed by atoms with Gasteiger partial charge in [-0.1, -0.05) is 36.9 Å². The number of hydrogen-bond acceptors (Lipinski definition) is 7. The number of hydrogen-bond donors (Lipinski definition) is 0. The highest BCUT2D eigenvalue weighted by Gasteiger charge is 2.08. The molecule has 2 aromatic carbocycles. The Kier molecular flexibility index (Phi) is 8.29. The van der Waals surface area contributed by atoms with Gasteiger partial charge in [0.1, 0.15) is 25.2 Å². The zero-order valence-electron chi connectivity index (χ0n) is 14.4. The lowest BCUT2D eigenvalue weighted by molar-refractivity contribution is -0.490. The van der Waals surface area contributed by atoms with Crippen LogP contribution in [-0.2, 0) is 24.3 Å². The van der Waals surface area contributed by atoms with Crippen molar-refractivity contribution in [2.75, 3.05) is 13.2 Å². The molecule has 0 unspecified atom stereocenters. The Morgan fingerprint density at radius 2 is 1.59 bits per heavy atom. The minimum Gasteiger partial charge on any atom is -0.491 e. The summed E-state index contributed by atoms with van der Waals surface area (Å²) in [5.74, 6) is -0.0936. The first kappa shape index (κ1) is 19.9. The van der Waals surface area contributed by atoms with Crippen molar-refractivity contribution >= 4 is 11.8 Å². The van der Waals surface area contributed by atoms with Gasteiger partial charge in [-0.3, -0.25) is 4.79 Å². The van der Waals surface area contributed by atoms with Gasteiger partial charge < -0.3 is 14.4 Å². The van der Waals surface area contributed by atoms with Gasteiger partial charge >= 0.3 is 5.97 Å². The third kappa shape index (κ3) is 7.15. The minimum atomic E-state index is -0.624. The molecule has 140 valence electrons. The van der Waals surface area contributed by atoms with Gasteiger partial charge in [-0.2, -0.15) is 4.89 Å². The molecule has 0 aliphatic carbocycles. The summed E-state index contributed by atoms with van der Waals surface area (Å²) in [6.45, 7) is 3.51. The van der Waals surface area contributed by atoms with E-state index in [1.165, 1.54) is 0 Å². The SMILES string of the molecule is C=CC(=O)OC=COOOCCOc1ccc(C(=O)c2ccccc2)cc1. The third-order valence-electron chi connectivity index (χ3n) is 3.14. The van der Waals surface area contributed by atoms with Crippen molar-refractivity contribution < 1.29 is 33.9 Å². The Balaban J connectivity index is 1.64.